The predicted molar refractivity (Wildman–Crippen MR) is 112 cm³/mol. The molecular formula is C23H22N2O4. The molecule has 29 heavy (non-hydrogen) atoms. The SMILES string of the molecule is CC(C)(C)C(=O)N1CCc2cc(NC(=O)c3cc4ccccc4oc3=O)ccc21. The first-order valence-corrected chi connectivity index (χ1v) is 9.53. The predicted octanol–water partition coefficient (Wildman–Crippen LogP) is 3.98. The number of anilines is 2. The molecule has 2 aromatic carbocycles. The monoisotopic (exact) mass is 390 g/mol. The maximum Gasteiger partial charge on any atom is 0.349 e. The van der Waals surface area contributed by atoms with Crippen molar-refractivity contribution in [2.45, 2.75) is 27.2 Å². The molecule has 148 valence electrons. The van der Waals surface area contributed by atoms with Gasteiger partial charge in [-0.3, -0.25) is 9.59 Å². The van der Waals surface area contributed by atoms with Crippen LogP contribution in [-0.2, 0) is 11.2 Å². The van der Waals surface area contributed by atoms with Crippen molar-refractivity contribution >= 4 is 34.2 Å². The van der Waals surface area contributed by atoms with Crippen molar-refractivity contribution in [1.29, 1.82) is 0 Å². The first-order valence-electron chi connectivity index (χ1n) is 9.53. The van der Waals surface area contributed by atoms with Crippen molar-refractivity contribution in [1.82, 2.24) is 0 Å². The van der Waals surface area contributed by atoms with Crippen LogP contribution in [0.25, 0.3) is 11.0 Å². The lowest BCUT2D eigenvalue weighted by molar-refractivity contribution is -0.125. The molecule has 0 saturated heterocycles. The van der Waals surface area contributed by atoms with Crippen molar-refractivity contribution in [3.05, 3.63) is 70.1 Å². The van der Waals surface area contributed by atoms with E-state index in [1.165, 1.54) is 6.07 Å². The highest BCUT2D eigenvalue weighted by Gasteiger charge is 2.32. The molecule has 0 saturated carbocycles. The van der Waals surface area contributed by atoms with Gasteiger partial charge < -0.3 is 14.6 Å². The van der Waals surface area contributed by atoms with Gasteiger partial charge in [-0.1, -0.05) is 39.0 Å². The number of nitrogens with one attached hydrogen (secondary N) is 1. The first kappa shape index (κ1) is 18.9. The van der Waals surface area contributed by atoms with E-state index in [2.05, 4.69) is 5.32 Å². The fraction of sp³-hybridized carbons (Fsp3) is 0.261. The van der Waals surface area contributed by atoms with E-state index in [0.717, 1.165) is 17.7 Å². The van der Waals surface area contributed by atoms with E-state index in [4.69, 9.17) is 4.42 Å². The van der Waals surface area contributed by atoms with Crippen LogP contribution in [0, 0.1) is 5.41 Å². The average Bonchev–Trinajstić information content (AvgIpc) is 3.09. The number of hydrogen-bond donors (Lipinski definition) is 1. The van der Waals surface area contributed by atoms with Gasteiger partial charge in [0.05, 0.1) is 0 Å². The lowest BCUT2D eigenvalue weighted by atomic mass is 9.94. The van der Waals surface area contributed by atoms with Crippen molar-refractivity contribution in [3.8, 4) is 0 Å². The highest BCUT2D eigenvalue weighted by molar-refractivity contribution is 6.06. The topological polar surface area (TPSA) is 79.6 Å². The van der Waals surface area contributed by atoms with Crippen LogP contribution in [0.4, 0.5) is 11.4 Å². The van der Waals surface area contributed by atoms with Gasteiger partial charge in [-0.25, -0.2) is 4.79 Å². The van der Waals surface area contributed by atoms with Gasteiger partial charge in [0.2, 0.25) is 5.91 Å². The summed E-state index contributed by atoms with van der Waals surface area (Å²) in [6, 6.07) is 14.0. The largest absolute Gasteiger partial charge is 0.422 e. The van der Waals surface area contributed by atoms with E-state index in [9.17, 15) is 14.4 Å². The van der Waals surface area contributed by atoms with E-state index < -0.39 is 16.9 Å². The van der Waals surface area contributed by atoms with Gasteiger partial charge in [0.25, 0.3) is 5.91 Å². The van der Waals surface area contributed by atoms with Gasteiger partial charge in [0, 0.05) is 28.7 Å². The molecule has 2 amide bonds. The van der Waals surface area contributed by atoms with Crippen LogP contribution in [0.3, 0.4) is 0 Å². The van der Waals surface area contributed by atoms with Gasteiger partial charge in [-0.15, -0.1) is 0 Å². The quantitative estimate of drug-likeness (QED) is 0.671. The molecule has 0 spiro atoms. The fourth-order valence-corrected chi connectivity index (χ4v) is 3.51. The van der Waals surface area contributed by atoms with Crippen LogP contribution < -0.4 is 15.8 Å². The Morgan fingerprint density at radius 1 is 1.07 bits per heavy atom. The smallest absolute Gasteiger partial charge is 0.349 e. The second-order valence-corrected chi connectivity index (χ2v) is 8.24. The van der Waals surface area contributed by atoms with Crippen molar-refractivity contribution in [3.63, 3.8) is 0 Å². The van der Waals surface area contributed by atoms with Crippen LogP contribution in [0.15, 0.2) is 57.7 Å². The van der Waals surface area contributed by atoms with E-state index in [1.54, 1.807) is 29.2 Å². The lowest BCUT2D eigenvalue weighted by Crippen LogP contribution is -2.38. The maximum absolute atomic E-state index is 12.6. The van der Waals surface area contributed by atoms with Crippen LogP contribution in [-0.4, -0.2) is 18.4 Å². The summed E-state index contributed by atoms with van der Waals surface area (Å²) in [7, 11) is 0. The van der Waals surface area contributed by atoms with Crippen LogP contribution in [0.5, 0.6) is 0 Å². The van der Waals surface area contributed by atoms with Gasteiger partial charge >= 0.3 is 5.63 Å². The van der Waals surface area contributed by atoms with Crippen molar-refractivity contribution in [2.75, 3.05) is 16.8 Å². The summed E-state index contributed by atoms with van der Waals surface area (Å²) in [5.41, 5.74) is 1.69. The number of carbonyl (C=O) groups excluding carboxylic acids is 2. The molecule has 0 atom stereocenters. The lowest BCUT2D eigenvalue weighted by Gasteiger charge is -2.26. The second-order valence-electron chi connectivity index (χ2n) is 8.24. The molecule has 0 unspecified atom stereocenters. The number of carbonyl (C=O) groups is 2. The maximum atomic E-state index is 12.6. The summed E-state index contributed by atoms with van der Waals surface area (Å²) in [6.45, 7) is 6.32. The van der Waals surface area contributed by atoms with Gasteiger partial charge in [-0.05, 0) is 42.3 Å². The van der Waals surface area contributed by atoms with E-state index in [-0.39, 0.29) is 11.5 Å². The number of benzene rings is 2. The number of hydrogen-bond acceptors (Lipinski definition) is 4. The number of para-hydroxylation sites is 1. The third-order valence-corrected chi connectivity index (χ3v) is 5.01. The molecule has 0 fully saturated rings. The summed E-state index contributed by atoms with van der Waals surface area (Å²) in [5.74, 6) is -0.452. The van der Waals surface area contributed by atoms with Crippen LogP contribution >= 0.6 is 0 Å². The molecule has 2 heterocycles. The Kier molecular flexibility index (Phi) is 4.49. The number of amides is 2. The molecule has 4 rings (SSSR count). The van der Waals surface area contributed by atoms with Crippen molar-refractivity contribution in [2.24, 2.45) is 5.41 Å². The normalized spacial score (nSPS) is 13.4. The molecule has 1 aromatic heterocycles. The number of fused-ring (bicyclic) bond motifs is 2. The third kappa shape index (κ3) is 3.53. The zero-order valence-corrected chi connectivity index (χ0v) is 16.6. The van der Waals surface area contributed by atoms with E-state index in [1.807, 2.05) is 39.0 Å². The summed E-state index contributed by atoms with van der Waals surface area (Å²) in [4.78, 5) is 39.3. The zero-order chi connectivity index (χ0) is 20.8. The minimum Gasteiger partial charge on any atom is -0.422 e. The fourth-order valence-electron chi connectivity index (χ4n) is 3.51. The average molecular weight is 390 g/mol. The molecule has 6 nitrogen and oxygen atoms in total. The molecule has 1 aliphatic rings. The Labute approximate surface area is 168 Å². The van der Waals surface area contributed by atoms with Gasteiger partial charge in [0.1, 0.15) is 11.1 Å². The Morgan fingerprint density at radius 2 is 1.83 bits per heavy atom. The highest BCUT2D eigenvalue weighted by Crippen LogP contribution is 2.33. The van der Waals surface area contributed by atoms with E-state index >= 15 is 0 Å². The molecule has 3 aromatic rings. The number of rotatable bonds is 2. The summed E-state index contributed by atoms with van der Waals surface area (Å²) in [6.07, 6.45) is 0.721. The minimum atomic E-state index is -0.677. The molecule has 6 heteroatoms. The molecule has 1 aliphatic heterocycles. The summed E-state index contributed by atoms with van der Waals surface area (Å²) in [5, 5.41) is 3.45. The van der Waals surface area contributed by atoms with E-state index in [0.29, 0.717) is 23.2 Å². The highest BCUT2D eigenvalue weighted by atomic mass is 16.4. The number of nitrogens with zero attached hydrogens (tertiary/aromatic N) is 1. The van der Waals surface area contributed by atoms with Crippen molar-refractivity contribution < 1.29 is 14.0 Å². The summed E-state index contributed by atoms with van der Waals surface area (Å²) >= 11 is 0. The minimum absolute atomic E-state index is 0.0475. The first-order chi connectivity index (χ1) is 13.7. The Bertz CT molecular complexity index is 1190. The Balaban J connectivity index is 1.59. The molecular weight excluding hydrogens is 368 g/mol. The molecule has 0 radical (unpaired) electrons. The molecule has 0 bridgehead atoms. The van der Waals surface area contributed by atoms with Gasteiger partial charge in [0.15, 0.2) is 0 Å². The Morgan fingerprint density at radius 3 is 2.59 bits per heavy atom. The molecule has 1 N–H and O–H groups in total. The van der Waals surface area contributed by atoms with Crippen LogP contribution in [0.1, 0.15) is 36.7 Å². The third-order valence-electron chi connectivity index (χ3n) is 5.01. The zero-order valence-electron chi connectivity index (χ0n) is 16.6. The van der Waals surface area contributed by atoms with Crippen LogP contribution in [0.2, 0.25) is 0 Å². The summed E-state index contributed by atoms with van der Waals surface area (Å²) < 4.78 is 5.24. The second kappa shape index (κ2) is 6.88. The van der Waals surface area contributed by atoms with Gasteiger partial charge in [-0.2, -0.15) is 0 Å². The Hall–Kier alpha value is -3.41. The molecule has 0 aliphatic carbocycles. The standard InChI is InChI=1S/C23H22N2O4/c1-23(2,3)22(28)25-11-10-14-12-16(8-9-18(14)25)24-20(26)17-13-15-6-4-5-7-19(15)29-21(17)27/h4-9,12-13H,10-11H2,1-3H3,(H,24,26).